The van der Waals surface area contributed by atoms with E-state index < -0.39 is 0 Å². The Labute approximate surface area is 127 Å². The third-order valence-electron chi connectivity index (χ3n) is 3.02. The number of amides is 1. The minimum atomic E-state index is -0.0893. The number of aryl methyl sites for hydroxylation is 1. The summed E-state index contributed by atoms with van der Waals surface area (Å²) in [7, 11) is 1.63. The molecule has 0 aliphatic heterocycles. The molecule has 0 aliphatic carbocycles. The summed E-state index contributed by atoms with van der Waals surface area (Å²) in [6.45, 7) is 2.46. The van der Waals surface area contributed by atoms with E-state index in [2.05, 4.69) is 21.2 Å². The first-order valence-electron chi connectivity index (χ1n) is 6.27. The number of halogens is 1. The number of carbonyl (C=O) groups is 1. The summed E-state index contributed by atoms with van der Waals surface area (Å²) in [5.74, 6) is 0.698. The first-order chi connectivity index (χ1) is 9.60. The Morgan fingerprint density at radius 3 is 2.75 bits per heavy atom. The minimum absolute atomic E-state index is 0.0893. The van der Waals surface area contributed by atoms with Gasteiger partial charge < -0.3 is 10.1 Å². The first kappa shape index (κ1) is 14.6. The smallest absolute Gasteiger partial charge is 0.251 e. The van der Waals surface area contributed by atoms with Crippen molar-refractivity contribution in [1.82, 2.24) is 5.32 Å². The fourth-order valence-electron chi connectivity index (χ4n) is 1.80. The zero-order valence-corrected chi connectivity index (χ0v) is 13.0. The average Bonchev–Trinajstić information content (AvgIpc) is 2.47. The summed E-state index contributed by atoms with van der Waals surface area (Å²) in [6, 6.07) is 13.2. The molecular formula is C16H16BrNO2. The quantitative estimate of drug-likeness (QED) is 0.926. The molecule has 4 heteroatoms. The molecule has 0 saturated heterocycles. The van der Waals surface area contributed by atoms with E-state index in [-0.39, 0.29) is 5.91 Å². The van der Waals surface area contributed by atoms with Gasteiger partial charge >= 0.3 is 0 Å². The normalized spacial score (nSPS) is 10.2. The number of benzene rings is 2. The van der Waals surface area contributed by atoms with Gasteiger partial charge in [-0.05, 0) is 42.3 Å². The lowest BCUT2D eigenvalue weighted by molar-refractivity contribution is 0.0951. The van der Waals surface area contributed by atoms with Crippen LogP contribution in [0.3, 0.4) is 0 Å². The molecule has 104 valence electrons. The molecule has 0 saturated carbocycles. The van der Waals surface area contributed by atoms with Crippen LogP contribution in [0.5, 0.6) is 5.75 Å². The van der Waals surface area contributed by atoms with E-state index in [1.54, 1.807) is 7.11 Å². The van der Waals surface area contributed by atoms with Gasteiger partial charge in [0, 0.05) is 16.6 Å². The van der Waals surface area contributed by atoms with Gasteiger partial charge in [-0.25, -0.2) is 0 Å². The molecule has 2 aromatic rings. The maximum absolute atomic E-state index is 12.1. The third kappa shape index (κ3) is 3.61. The summed E-state index contributed by atoms with van der Waals surface area (Å²) < 4.78 is 6.09. The molecule has 0 heterocycles. The molecule has 2 rings (SSSR count). The molecule has 0 bridgehead atoms. The molecular weight excluding hydrogens is 318 g/mol. The number of carbonyl (C=O) groups excluding carboxylic acids is 1. The SMILES string of the molecule is COc1cccc(CNC(=O)c2ccc(C)c(Br)c2)c1. The molecule has 20 heavy (non-hydrogen) atoms. The van der Waals surface area contributed by atoms with Crippen molar-refractivity contribution in [2.45, 2.75) is 13.5 Å². The van der Waals surface area contributed by atoms with Crippen LogP contribution in [0.2, 0.25) is 0 Å². The zero-order valence-electron chi connectivity index (χ0n) is 11.4. The maximum Gasteiger partial charge on any atom is 0.251 e. The maximum atomic E-state index is 12.1. The molecule has 2 aromatic carbocycles. The van der Waals surface area contributed by atoms with E-state index in [4.69, 9.17) is 4.74 Å². The van der Waals surface area contributed by atoms with Gasteiger partial charge in [0.1, 0.15) is 5.75 Å². The van der Waals surface area contributed by atoms with Gasteiger partial charge in [0.2, 0.25) is 0 Å². The Hall–Kier alpha value is -1.81. The van der Waals surface area contributed by atoms with E-state index in [0.717, 1.165) is 21.3 Å². The van der Waals surface area contributed by atoms with Crippen LogP contribution in [-0.2, 0) is 6.54 Å². The monoisotopic (exact) mass is 333 g/mol. The second-order valence-corrected chi connectivity index (χ2v) is 5.35. The number of rotatable bonds is 4. The van der Waals surface area contributed by atoms with Crippen LogP contribution < -0.4 is 10.1 Å². The lowest BCUT2D eigenvalue weighted by Crippen LogP contribution is -2.22. The van der Waals surface area contributed by atoms with Crippen molar-refractivity contribution < 1.29 is 9.53 Å². The highest BCUT2D eigenvalue weighted by Gasteiger charge is 2.07. The summed E-state index contributed by atoms with van der Waals surface area (Å²) in [5.41, 5.74) is 2.75. The predicted molar refractivity (Wildman–Crippen MR) is 83.0 cm³/mol. The van der Waals surface area contributed by atoms with Crippen LogP contribution in [0, 0.1) is 6.92 Å². The molecule has 0 spiro atoms. The van der Waals surface area contributed by atoms with Gasteiger partial charge in [-0.2, -0.15) is 0 Å². The fraction of sp³-hybridized carbons (Fsp3) is 0.188. The standard InChI is InChI=1S/C16H16BrNO2/c1-11-6-7-13(9-15(11)17)16(19)18-10-12-4-3-5-14(8-12)20-2/h3-9H,10H2,1-2H3,(H,18,19). The molecule has 1 N–H and O–H groups in total. The van der Waals surface area contributed by atoms with Crippen LogP contribution in [0.1, 0.15) is 21.5 Å². The Morgan fingerprint density at radius 2 is 2.05 bits per heavy atom. The molecule has 1 amide bonds. The van der Waals surface area contributed by atoms with Crippen molar-refractivity contribution >= 4 is 21.8 Å². The first-order valence-corrected chi connectivity index (χ1v) is 7.06. The van der Waals surface area contributed by atoms with Crippen molar-refractivity contribution in [2.24, 2.45) is 0 Å². The van der Waals surface area contributed by atoms with Gasteiger partial charge in [0.15, 0.2) is 0 Å². The second kappa shape index (κ2) is 6.57. The Balaban J connectivity index is 2.02. The van der Waals surface area contributed by atoms with Crippen LogP contribution >= 0.6 is 15.9 Å². The molecule has 0 unspecified atom stereocenters. The third-order valence-corrected chi connectivity index (χ3v) is 3.88. The number of hydrogen-bond acceptors (Lipinski definition) is 2. The second-order valence-electron chi connectivity index (χ2n) is 4.50. The van der Waals surface area contributed by atoms with E-state index in [1.807, 2.05) is 49.4 Å². The van der Waals surface area contributed by atoms with Crippen LogP contribution in [0.25, 0.3) is 0 Å². The van der Waals surface area contributed by atoms with Gasteiger partial charge in [-0.1, -0.05) is 34.1 Å². The highest BCUT2D eigenvalue weighted by atomic mass is 79.9. The average molecular weight is 334 g/mol. The van der Waals surface area contributed by atoms with Gasteiger partial charge in [-0.15, -0.1) is 0 Å². The highest BCUT2D eigenvalue weighted by Crippen LogP contribution is 2.17. The Kier molecular flexibility index (Phi) is 4.79. The number of hydrogen-bond donors (Lipinski definition) is 1. The van der Waals surface area contributed by atoms with Crippen molar-refractivity contribution in [3.8, 4) is 5.75 Å². The predicted octanol–water partition coefficient (Wildman–Crippen LogP) is 3.70. The van der Waals surface area contributed by atoms with Crippen LogP contribution in [0.4, 0.5) is 0 Å². The van der Waals surface area contributed by atoms with Gasteiger partial charge in [0.25, 0.3) is 5.91 Å². The summed E-state index contributed by atoms with van der Waals surface area (Å²) in [4.78, 5) is 12.1. The molecule has 0 aromatic heterocycles. The molecule has 0 atom stereocenters. The van der Waals surface area contributed by atoms with E-state index in [0.29, 0.717) is 12.1 Å². The lowest BCUT2D eigenvalue weighted by atomic mass is 10.1. The van der Waals surface area contributed by atoms with Crippen LogP contribution in [-0.4, -0.2) is 13.0 Å². The summed E-state index contributed by atoms with van der Waals surface area (Å²) >= 11 is 3.43. The van der Waals surface area contributed by atoms with Gasteiger partial charge in [0.05, 0.1) is 7.11 Å². The van der Waals surface area contributed by atoms with E-state index in [9.17, 15) is 4.79 Å². The highest BCUT2D eigenvalue weighted by molar-refractivity contribution is 9.10. The molecule has 0 fully saturated rings. The van der Waals surface area contributed by atoms with Crippen LogP contribution in [0.15, 0.2) is 46.9 Å². The number of methoxy groups -OCH3 is 1. The molecule has 0 aliphatic rings. The summed E-state index contributed by atoms with van der Waals surface area (Å²) in [5, 5.41) is 2.90. The minimum Gasteiger partial charge on any atom is -0.497 e. The van der Waals surface area contributed by atoms with Crippen molar-refractivity contribution in [1.29, 1.82) is 0 Å². The topological polar surface area (TPSA) is 38.3 Å². The number of nitrogens with one attached hydrogen (secondary N) is 1. The zero-order chi connectivity index (χ0) is 14.5. The van der Waals surface area contributed by atoms with E-state index >= 15 is 0 Å². The Morgan fingerprint density at radius 1 is 1.25 bits per heavy atom. The van der Waals surface area contributed by atoms with E-state index in [1.165, 1.54) is 0 Å². The Bertz CT molecular complexity index is 626. The van der Waals surface area contributed by atoms with Crippen molar-refractivity contribution in [3.63, 3.8) is 0 Å². The summed E-state index contributed by atoms with van der Waals surface area (Å²) in [6.07, 6.45) is 0. The fourth-order valence-corrected chi connectivity index (χ4v) is 2.18. The lowest BCUT2D eigenvalue weighted by Gasteiger charge is -2.08. The molecule has 3 nitrogen and oxygen atoms in total. The largest absolute Gasteiger partial charge is 0.497 e. The van der Waals surface area contributed by atoms with Crippen molar-refractivity contribution in [2.75, 3.05) is 7.11 Å². The van der Waals surface area contributed by atoms with Crippen molar-refractivity contribution in [3.05, 3.63) is 63.6 Å². The number of ether oxygens (including phenoxy) is 1. The van der Waals surface area contributed by atoms with Gasteiger partial charge in [-0.3, -0.25) is 4.79 Å². The molecule has 0 radical (unpaired) electrons.